The van der Waals surface area contributed by atoms with E-state index in [-0.39, 0.29) is 0 Å². The van der Waals surface area contributed by atoms with Crippen molar-refractivity contribution in [3.63, 3.8) is 0 Å². The van der Waals surface area contributed by atoms with Crippen molar-refractivity contribution in [1.82, 2.24) is 29.1 Å². The van der Waals surface area contributed by atoms with E-state index in [1.165, 1.54) is 0 Å². The average Bonchev–Trinajstić information content (AvgIpc) is 3.71. The van der Waals surface area contributed by atoms with Crippen LogP contribution in [0.3, 0.4) is 0 Å². The molecule has 0 fully saturated rings. The Balaban J connectivity index is 1.27. The molecule has 0 aliphatic heterocycles. The van der Waals surface area contributed by atoms with Crippen molar-refractivity contribution in [3.8, 4) is 45.5 Å². The highest BCUT2D eigenvalue weighted by Crippen LogP contribution is 2.40. The highest BCUT2D eigenvalue weighted by Gasteiger charge is 2.21. The molecule has 0 saturated carbocycles. The number of rotatable bonds is 5. The van der Waals surface area contributed by atoms with Gasteiger partial charge in [0.25, 0.3) is 0 Å². The highest BCUT2D eigenvalue weighted by atomic mass is 15.2. The van der Waals surface area contributed by atoms with Crippen LogP contribution in [-0.2, 0) is 0 Å². The first-order valence-electron chi connectivity index (χ1n) is 16.7. The average molecular weight is 641 g/mol. The van der Waals surface area contributed by atoms with Gasteiger partial charge >= 0.3 is 0 Å². The lowest BCUT2D eigenvalue weighted by atomic mass is 10.0. The topological polar surface area (TPSA) is 61.4 Å². The smallest absolute Gasteiger partial charge is 0.238 e. The van der Waals surface area contributed by atoms with Crippen LogP contribution < -0.4 is 0 Å². The van der Waals surface area contributed by atoms with Crippen molar-refractivity contribution < 1.29 is 0 Å². The lowest BCUT2D eigenvalue weighted by molar-refractivity contribution is 0.953. The van der Waals surface area contributed by atoms with Crippen LogP contribution in [0.5, 0.6) is 0 Å². The molecule has 0 N–H and O–H groups in total. The van der Waals surface area contributed by atoms with Crippen LogP contribution in [-0.4, -0.2) is 29.1 Å². The van der Waals surface area contributed by atoms with Gasteiger partial charge in [0.2, 0.25) is 5.95 Å². The van der Waals surface area contributed by atoms with E-state index >= 15 is 0 Å². The summed E-state index contributed by atoms with van der Waals surface area (Å²) in [5.74, 6) is 1.82. The third-order valence-electron chi connectivity index (χ3n) is 9.43. The highest BCUT2D eigenvalue weighted by molar-refractivity contribution is 6.14. The molecule has 0 aliphatic rings. The van der Waals surface area contributed by atoms with E-state index in [4.69, 9.17) is 19.9 Å². The molecule has 0 aliphatic carbocycles. The van der Waals surface area contributed by atoms with Crippen molar-refractivity contribution in [2.24, 2.45) is 0 Å². The van der Waals surface area contributed by atoms with Crippen LogP contribution in [0.4, 0.5) is 0 Å². The van der Waals surface area contributed by atoms with Gasteiger partial charge in [-0.25, -0.2) is 4.98 Å². The summed E-state index contributed by atoms with van der Waals surface area (Å²) < 4.78 is 4.51. The maximum Gasteiger partial charge on any atom is 0.238 e. The molecule has 234 valence electrons. The van der Waals surface area contributed by atoms with Crippen LogP contribution in [0.2, 0.25) is 0 Å². The largest absolute Gasteiger partial charge is 0.307 e. The summed E-state index contributed by atoms with van der Waals surface area (Å²) in [6.07, 6.45) is 1.87. The van der Waals surface area contributed by atoms with E-state index in [1.54, 1.807) is 0 Å². The Morgan fingerprint density at radius 2 is 1.02 bits per heavy atom. The second kappa shape index (κ2) is 11.4. The van der Waals surface area contributed by atoms with Crippen LogP contribution >= 0.6 is 0 Å². The molecule has 6 heteroatoms. The Morgan fingerprint density at radius 3 is 1.76 bits per heavy atom. The molecule has 50 heavy (non-hydrogen) atoms. The minimum Gasteiger partial charge on any atom is -0.307 e. The fourth-order valence-electron chi connectivity index (χ4n) is 7.21. The first kappa shape index (κ1) is 28.1. The van der Waals surface area contributed by atoms with E-state index in [0.29, 0.717) is 17.6 Å². The monoisotopic (exact) mass is 640 g/mol. The molecule has 4 aromatic heterocycles. The quantitative estimate of drug-likeness (QED) is 0.188. The van der Waals surface area contributed by atoms with Crippen LogP contribution in [0.25, 0.3) is 89.3 Å². The van der Waals surface area contributed by atoms with E-state index < -0.39 is 0 Å². The van der Waals surface area contributed by atoms with Gasteiger partial charge in [-0.05, 0) is 42.0 Å². The fraction of sp³-hybridized carbons (Fsp3) is 0. The van der Waals surface area contributed by atoms with Gasteiger partial charge in [0, 0.05) is 44.7 Å². The molecule has 6 nitrogen and oxygen atoms in total. The second-order valence-electron chi connectivity index (χ2n) is 12.3. The minimum atomic E-state index is 0.571. The molecule has 10 rings (SSSR count). The van der Waals surface area contributed by atoms with Gasteiger partial charge in [-0.3, -0.25) is 9.55 Å². The van der Waals surface area contributed by atoms with Gasteiger partial charge in [0.1, 0.15) is 0 Å². The molecule has 0 bridgehead atoms. The molecule has 0 radical (unpaired) electrons. The molecule has 0 unspecified atom stereocenters. The number of aromatic nitrogens is 6. The predicted octanol–water partition coefficient (Wildman–Crippen LogP) is 10.5. The maximum atomic E-state index is 5.14. The summed E-state index contributed by atoms with van der Waals surface area (Å²) in [5, 5.41) is 3.38. The van der Waals surface area contributed by atoms with Gasteiger partial charge in [-0.15, -0.1) is 0 Å². The van der Waals surface area contributed by atoms with Crippen molar-refractivity contribution in [3.05, 3.63) is 170 Å². The normalized spacial score (nSPS) is 11.6. The zero-order chi connectivity index (χ0) is 33.0. The number of para-hydroxylation sites is 3. The van der Waals surface area contributed by atoms with Gasteiger partial charge in [-0.1, -0.05) is 127 Å². The summed E-state index contributed by atoms with van der Waals surface area (Å²) >= 11 is 0. The number of hydrogen-bond donors (Lipinski definition) is 0. The summed E-state index contributed by atoms with van der Waals surface area (Å²) in [6.45, 7) is 0. The number of hydrogen-bond acceptors (Lipinski definition) is 4. The predicted molar refractivity (Wildman–Crippen MR) is 203 cm³/mol. The van der Waals surface area contributed by atoms with Crippen LogP contribution in [0.15, 0.2) is 170 Å². The van der Waals surface area contributed by atoms with Crippen molar-refractivity contribution in [2.75, 3.05) is 0 Å². The molecule has 0 atom stereocenters. The second-order valence-corrected chi connectivity index (χ2v) is 12.3. The zero-order valence-corrected chi connectivity index (χ0v) is 26.8. The number of benzene rings is 6. The fourth-order valence-corrected chi connectivity index (χ4v) is 7.21. The molecule has 10 aromatic rings. The van der Waals surface area contributed by atoms with E-state index in [1.807, 2.05) is 72.9 Å². The standard InChI is InChI=1S/C44H28N6/c1-4-14-29(15-5-1)42-46-43(30-16-6-2-7-17-30)48-44(47-42)50-37-23-11-10-20-34(37)35-26-25-31(28-39(35)50)33-21-12-22-36-40-38(24-13-27-45-40)49(41(33)36)32-18-8-3-9-19-32/h1-28H. The number of nitrogens with zero attached hydrogens (tertiary/aromatic N) is 6. The summed E-state index contributed by atoms with van der Waals surface area (Å²) in [5.41, 5.74) is 10.4. The Morgan fingerprint density at radius 1 is 0.400 bits per heavy atom. The van der Waals surface area contributed by atoms with E-state index in [9.17, 15) is 0 Å². The molecule has 0 spiro atoms. The molecular formula is C44H28N6. The first-order valence-corrected chi connectivity index (χ1v) is 16.7. The summed E-state index contributed by atoms with van der Waals surface area (Å²) in [4.78, 5) is 20.1. The summed E-state index contributed by atoms with van der Waals surface area (Å²) in [6, 6.07) is 56.6. The van der Waals surface area contributed by atoms with Crippen molar-refractivity contribution >= 4 is 43.7 Å². The Labute approximate surface area is 287 Å². The molecule has 4 heterocycles. The lowest BCUT2D eigenvalue weighted by Gasteiger charge is -2.13. The molecule has 6 aromatic carbocycles. The van der Waals surface area contributed by atoms with E-state index in [2.05, 4.69) is 106 Å². The van der Waals surface area contributed by atoms with E-state index in [0.717, 1.165) is 71.7 Å². The molecule has 0 saturated heterocycles. The SMILES string of the molecule is c1ccc(-c2nc(-c3ccccc3)nc(-n3c4ccccc4c4ccc(-c5cccc6c7ncccc7n(-c7ccccc7)c56)cc43)n2)cc1. The Kier molecular flexibility index (Phi) is 6.39. The first-order chi connectivity index (χ1) is 24.8. The maximum absolute atomic E-state index is 5.14. The third kappa shape index (κ3) is 4.43. The zero-order valence-electron chi connectivity index (χ0n) is 26.8. The van der Waals surface area contributed by atoms with Crippen LogP contribution in [0.1, 0.15) is 0 Å². The van der Waals surface area contributed by atoms with Crippen molar-refractivity contribution in [1.29, 1.82) is 0 Å². The molecule has 0 amide bonds. The van der Waals surface area contributed by atoms with Gasteiger partial charge in [-0.2, -0.15) is 9.97 Å². The minimum absolute atomic E-state index is 0.571. The van der Waals surface area contributed by atoms with Crippen molar-refractivity contribution in [2.45, 2.75) is 0 Å². The lowest BCUT2D eigenvalue weighted by Crippen LogP contribution is -2.06. The Bertz CT molecular complexity index is 2800. The number of pyridine rings is 1. The summed E-state index contributed by atoms with van der Waals surface area (Å²) in [7, 11) is 0. The Hall–Kier alpha value is -6.92. The molecular weight excluding hydrogens is 613 g/mol. The number of fused-ring (bicyclic) bond motifs is 6. The van der Waals surface area contributed by atoms with Gasteiger partial charge in [0.05, 0.1) is 27.6 Å². The van der Waals surface area contributed by atoms with Crippen LogP contribution in [0, 0.1) is 0 Å². The van der Waals surface area contributed by atoms with Gasteiger partial charge in [0.15, 0.2) is 11.6 Å². The third-order valence-corrected chi connectivity index (χ3v) is 9.43. The van der Waals surface area contributed by atoms with Gasteiger partial charge < -0.3 is 4.57 Å².